The van der Waals surface area contributed by atoms with Gasteiger partial charge in [0.2, 0.25) is 5.91 Å². The fraction of sp³-hybridized carbons (Fsp3) is 0.462. The van der Waals surface area contributed by atoms with Crippen molar-refractivity contribution < 1.29 is 9.72 Å². The van der Waals surface area contributed by atoms with Crippen LogP contribution in [0.5, 0.6) is 0 Å². The molecule has 0 saturated heterocycles. The minimum atomic E-state index is -0.757. The Kier molecular flexibility index (Phi) is 5.52. The predicted molar refractivity (Wildman–Crippen MR) is 79.7 cm³/mol. The Balaban J connectivity index is 2.68. The zero-order valence-corrected chi connectivity index (χ0v) is 12.6. The lowest BCUT2D eigenvalue weighted by atomic mass is 9.95. The zero-order valence-electron chi connectivity index (χ0n) is 11.8. The molecule has 1 aromatic carbocycles. The number of likely N-dealkylation sites (N-methyl/N-ethyl adjacent to an activating group) is 1. The van der Waals surface area contributed by atoms with Crippen molar-refractivity contribution in [3.05, 3.63) is 34.4 Å². The Morgan fingerprint density at radius 2 is 2.05 bits per heavy atom. The van der Waals surface area contributed by atoms with Crippen LogP contribution in [0.25, 0.3) is 0 Å². The first kappa shape index (κ1) is 16.5. The van der Waals surface area contributed by atoms with Gasteiger partial charge in [0, 0.05) is 22.3 Å². The van der Waals surface area contributed by atoms with Crippen LogP contribution in [-0.4, -0.2) is 28.7 Å². The number of hydrogen-bond acceptors (Lipinski definition) is 5. The number of carbonyl (C=O) groups excluding carboxylic acids is 1. The maximum Gasteiger partial charge on any atom is 0.269 e. The van der Waals surface area contributed by atoms with Gasteiger partial charge >= 0.3 is 0 Å². The van der Waals surface area contributed by atoms with E-state index < -0.39 is 16.4 Å². The number of nitrogens with one attached hydrogen (secondary N) is 1. The first-order valence-corrected chi connectivity index (χ1v) is 7.06. The second-order valence-corrected chi connectivity index (χ2v) is 6.34. The van der Waals surface area contributed by atoms with Crippen molar-refractivity contribution in [1.82, 2.24) is 5.32 Å². The molecule has 0 radical (unpaired) electrons. The summed E-state index contributed by atoms with van der Waals surface area (Å²) < 4.78 is 0. The summed E-state index contributed by atoms with van der Waals surface area (Å²) in [6.07, 6.45) is 0.570. The highest BCUT2D eigenvalue weighted by molar-refractivity contribution is 7.99. The van der Waals surface area contributed by atoms with Crippen LogP contribution in [0.3, 0.4) is 0 Å². The SMILES string of the molecule is CNC(C)(CC(C)Sc1ccc([N+](=O)[O-])cc1)C(N)=O. The number of carbonyl (C=O) groups is 1. The first-order valence-electron chi connectivity index (χ1n) is 6.18. The molecule has 0 fully saturated rings. The van der Waals surface area contributed by atoms with Crippen LogP contribution in [0.2, 0.25) is 0 Å². The maximum absolute atomic E-state index is 11.4. The number of benzene rings is 1. The van der Waals surface area contributed by atoms with E-state index in [4.69, 9.17) is 5.73 Å². The highest BCUT2D eigenvalue weighted by atomic mass is 32.2. The monoisotopic (exact) mass is 297 g/mol. The van der Waals surface area contributed by atoms with E-state index in [9.17, 15) is 14.9 Å². The van der Waals surface area contributed by atoms with Gasteiger partial charge in [0.15, 0.2) is 0 Å². The molecule has 0 heterocycles. The Morgan fingerprint density at radius 1 is 1.50 bits per heavy atom. The van der Waals surface area contributed by atoms with E-state index in [1.54, 1.807) is 37.9 Å². The summed E-state index contributed by atoms with van der Waals surface area (Å²) >= 11 is 1.55. The maximum atomic E-state index is 11.4. The number of primary amides is 1. The first-order chi connectivity index (χ1) is 9.28. The number of non-ortho nitro benzene ring substituents is 1. The van der Waals surface area contributed by atoms with Crippen LogP contribution in [0.4, 0.5) is 5.69 Å². The molecule has 0 aromatic heterocycles. The van der Waals surface area contributed by atoms with Crippen LogP contribution < -0.4 is 11.1 Å². The fourth-order valence-corrected chi connectivity index (χ4v) is 3.00. The summed E-state index contributed by atoms with van der Waals surface area (Å²) in [5.41, 5.74) is 4.70. The van der Waals surface area contributed by atoms with Crippen molar-refractivity contribution in [3.8, 4) is 0 Å². The summed E-state index contributed by atoms with van der Waals surface area (Å²) in [5, 5.41) is 13.7. The molecule has 2 atom stereocenters. The minimum absolute atomic E-state index is 0.0687. The molecule has 3 N–H and O–H groups in total. The Hall–Kier alpha value is -1.60. The normalized spacial score (nSPS) is 15.3. The molecular formula is C13H19N3O3S. The quantitative estimate of drug-likeness (QED) is 0.455. The van der Waals surface area contributed by atoms with Gasteiger partial charge in [-0.1, -0.05) is 6.92 Å². The number of nitro groups is 1. The molecule has 0 aliphatic carbocycles. The number of hydrogen-bond donors (Lipinski definition) is 2. The van der Waals surface area contributed by atoms with Crippen molar-refractivity contribution in [2.45, 2.75) is 36.0 Å². The third-order valence-electron chi connectivity index (χ3n) is 3.18. The Bertz CT molecular complexity index is 492. The molecule has 6 nitrogen and oxygen atoms in total. The van der Waals surface area contributed by atoms with E-state index in [0.717, 1.165) is 4.90 Å². The topological polar surface area (TPSA) is 98.3 Å². The number of nitro benzene ring substituents is 1. The van der Waals surface area contributed by atoms with Gasteiger partial charge in [0.1, 0.15) is 0 Å². The molecule has 0 bridgehead atoms. The molecule has 1 aromatic rings. The lowest BCUT2D eigenvalue weighted by Crippen LogP contribution is -2.52. The van der Waals surface area contributed by atoms with Crippen LogP contribution in [0.1, 0.15) is 20.3 Å². The van der Waals surface area contributed by atoms with Gasteiger partial charge in [-0.05, 0) is 32.5 Å². The average molecular weight is 297 g/mol. The van der Waals surface area contributed by atoms with E-state index >= 15 is 0 Å². The highest BCUT2D eigenvalue weighted by Crippen LogP contribution is 2.29. The standard InChI is InChI=1S/C13H19N3O3S/c1-9(8-13(2,15-3)12(14)17)20-11-6-4-10(5-7-11)16(18)19/h4-7,9,15H,8H2,1-3H3,(H2,14,17). The van der Waals surface area contributed by atoms with Crippen LogP contribution >= 0.6 is 11.8 Å². The molecular weight excluding hydrogens is 278 g/mol. The van der Waals surface area contributed by atoms with E-state index in [1.165, 1.54) is 12.1 Å². The summed E-state index contributed by atoms with van der Waals surface area (Å²) in [6, 6.07) is 6.36. The second-order valence-electron chi connectivity index (χ2n) is 4.83. The lowest BCUT2D eigenvalue weighted by Gasteiger charge is -2.28. The molecule has 2 unspecified atom stereocenters. The Labute approximate surface area is 122 Å². The van der Waals surface area contributed by atoms with Crippen molar-refractivity contribution in [1.29, 1.82) is 0 Å². The van der Waals surface area contributed by atoms with Crippen molar-refractivity contribution in [2.75, 3.05) is 7.05 Å². The van der Waals surface area contributed by atoms with E-state index in [1.807, 2.05) is 6.92 Å². The molecule has 110 valence electrons. The smallest absolute Gasteiger partial charge is 0.269 e. The van der Waals surface area contributed by atoms with Crippen LogP contribution in [-0.2, 0) is 4.79 Å². The van der Waals surface area contributed by atoms with Gasteiger partial charge in [-0.25, -0.2) is 0 Å². The third-order valence-corrected chi connectivity index (χ3v) is 4.29. The summed E-state index contributed by atoms with van der Waals surface area (Å²) in [7, 11) is 1.70. The summed E-state index contributed by atoms with van der Waals surface area (Å²) in [6.45, 7) is 3.76. The summed E-state index contributed by atoms with van der Waals surface area (Å²) in [5.74, 6) is -0.392. The minimum Gasteiger partial charge on any atom is -0.368 e. The van der Waals surface area contributed by atoms with Crippen LogP contribution in [0.15, 0.2) is 29.2 Å². The molecule has 1 amide bonds. The number of thioether (sulfide) groups is 1. The van der Waals surface area contributed by atoms with Crippen molar-refractivity contribution in [3.63, 3.8) is 0 Å². The van der Waals surface area contributed by atoms with Crippen LogP contribution in [0, 0.1) is 10.1 Å². The third kappa shape index (κ3) is 4.21. The summed E-state index contributed by atoms with van der Waals surface area (Å²) in [4.78, 5) is 22.5. The molecule has 0 aliphatic heterocycles. The van der Waals surface area contributed by atoms with Gasteiger partial charge in [0.25, 0.3) is 5.69 Å². The molecule has 0 spiro atoms. The van der Waals surface area contributed by atoms with Gasteiger partial charge in [-0.15, -0.1) is 11.8 Å². The van der Waals surface area contributed by atoms with Crippen molar-refractivity contribution >= 4 is 23.4 Å². The van der Waals surface area contributed by atoms with Crippen molar-refractivity contribution in [2.24, 2.45) is 5.73 Å². The molecule has 0 saturated carbocycles. The Morgan fingerprint density at radius 3 is 2.45 bits per heavy atom. The second kappa shape index (κ2) is 6.71. The predicted octanol–water partition coefficient (Wildman–Crippen LogP) is 1.93. The molecule has 0 aliphatic rings. The van der Waals surface area contributed by atoms with Gasteiger partial charge in [-0.3, -0.25) is 14.9 Å². The number of nitrogens with zero attached hydrogens (tertiary/aromatic N) is 1. The molecule has 7 heteroatoms. The number of amides is 1. The highest BCUT2D eigenvalue weighted by Gasteiger charge is 2.31. The van der Waals surface area contributed by atoms with Gasteiger partial charge in [-0.2, -0.15) is 0 Å². The van der Waals surface area contributed by atoms with E-state index in [0.29, 0.717) is 6.42 Å². The zero-order chi connectivity index (χ0) is 15.3. The molecule has 20 heavy (non-hydrogen) atoms. The van der Waals surface area contributed by atoms with E-state index in [2.05, 4.69) is 5.32 Å². The molecule has 1 rings (SSSR count). The fourth-order valence-electron chi connectivity index (χ4n) is 1.82. The number of nitrogens with two attached hydrogens (primary N) is 1. The van der Waals surface area contributed by atoms with E-state index in [-0.39, 0.29) is 10.9 Å². The van der Waals surface area contributed by atoms with Gasteiger partial charge in [0.05, 0.1) is 10.5 Å². The lowest BCUT2D eigenvalue weighted by molar-refractivity contribution is -0.384. The number of rotatable bonds is 7. The largest absolute Gasteiger partial charge is 0.368 e. The van der Waals surface area contributed by atoms with Gasteiger partial charge < -0.3 is 11.1 Å². The average Bonchev–Trinajstić information content (AvgIpc) is 2.38.